The molecule has 3 aliphatic carbocycles. The summed E-state index contributed by atoms with van der Waals surface area (Å²) in [5.41, 5.74) is -0.569. The first-order valence-corrected chi connectivity index (χ1v) is 9.15. The van der Waals surface area contributed by atoms with Crippen LogP contribution in [-0.4, -0.2) is 23.3 Å². The molecule has 130 valence electrons. The second-order valence-electron chi connectivity index (χ2n) is 9.34. The Bertz CT molecular complexity index is 535. The van der Waals surface area contributed by atoms with Crippen molar-refractivity contribution in [1.82, 2.24) is 0 Å². The Hall–Kier alpha value is -0.830. The van der Waals surface area contributed by atoms with Crippen molar-refractivity contribution >= 4 is 5.97 Å². The Kier molecular flexibility index (Phi) is 3.76. The van der Waals surface area contributed by atoms with E-state index in [1.807, 2.05) is 19.9 Å². The molecule has 0 saturated heterocycles. The lowest BCUT2D eigenvalue weighted by atomic mass is 9.61. The Morgan fingerprint density at radius 2 is 1.96 bits per heavy atom. The van der Waals surface area contributed by atoms with Crippen molar-refractivity contribution in [2.24, 2.45) is 34.0 Å². The predicted molar refractivity (Wildman–Crippen MR) is 90.7 cm³/mol. The number of ether oxygens (including phenoxy) is 1. The number of allylic oxidation sites excluding steroid dienone is 1. The molecule has 0 heterocycles. The van der Waals surface area contributed by atoms with Gasteiger partial charge in [-0.15, -0.1) is 0 Å². The normalized spacial score (nSPS) is 47.0. The van der Waals surface area contributed by atoms with E-state index in [-0.39, 0.29) is 22.9 Å². The Morgan fingerprint density at radius 3 is 2.57 bits per heavy atom. The number of hydrogen-bond acceptors (Lipinski definition) is 3. The zero-order valence-corrected chi connectivity index (χ0v) is 15.4. The number of carbonyl (C=O) groups excluding carboxylic acids is 1. The fourth-order valence-corrected chi connectivity index (χ4v) is 6.42. The monoisotopic (exact) mass is 320 g/mol. The van der Waals surface area contributed by atoms with Gasteiger partial charge in [-0.1, -0.05) is 53.7 Å². The summed E-state index contributed by atoms with van der Waals surface area (Å²) in [4.78, 5) is 12.4. The number of esters is 1. The maximum absolute atomic E-state index is 12.4. The van der Waals surface area contributed by atoms with Crippen LogP contribution in [0.2, 0.25) is 0 Å². The molecule has 0 bridgehead atoms. The van der Waals surface area contributed by atoms with Gasteiger partial charge in [-0.3, -0.25) is 4.79 Å². The zero-order chi connectivity index (χ0) is 17.2. The maximum atomic E-state index is 12.4. The average Bonchev–Trinajstić information content (AvgIpc) is 2.95. The summed E-state index contributed by atoms with van der Waals surface area (Å²) in [6, 6.07) is 0. The summed E-state index contributed by atoms with van der Waals surface area (Å²) in [6.07, 6.45) is 6.22. The fourth-order valence-electron chi connectivity index (χ4n) is 6.42. The van der Waals surface area contributed by atoms with Crippen LogP contribution in [0, 0.1) is 34.0 Å². The van der Waals surface area contributed by atoms with Gasteiger partial charge in [-0.25, -0.2) is 0 Å². The largest absolute Gasteiger partial charge is 0.461 e. The minimum Gasteiger partial charge on any atom is -0.461 e. The highest BCUT2D eigenvalue weighted by Gasteiger charge is 2.76. The van der Waals surface area contributed by atoms with E-state index < -0.39 is 11.5 Å². The second kappa shape index (κ2) is 5.08. The Labute approximate surface area is 140 Å². The van der Waals surface area contributed by atoms with E-state index in [0.29, 0.717) is 24.2 Å². The fraction of sp³-hybridized carbons (Fsp3) is 0.850. The minimum absolute atomic E-state index is 0.0430. The van der Waals surface area contributed by atoms with Crippen molar-refractivity contribution in [3.63, 3.8) is 0 Å². The molecule has 0 aromatic carbocycles. The lowest BCUT2D eigenvalue weighted by molar-refractivity contribution is -0.170. The maximum Gasteiger partial charge on any atom is 0.306 e. The highest BCUT2D eigenvalue weighted by Crippen LogP contribution is 2.76. The van der Waals surface area contributed by atoms with Crippen LogP contribution >= 0.6 is 0 Å². The number of hydrogen-bond donors (Lipinski definition) is 1. The third-order valence-corrected chi connectivity index (χ3v) is 7.32. The third kappa shape index (κ3) is 1.95. The van der Waals surface area contributed by atoms with Crippen molar-refractivity contribution in [1.29, 1.82) is 0 Å². The molecule has 3 rings (SSSR count). The lowest BCUT2D eigenvalue weighted by Crippen LogP contribution is -2.50. The summed E-state index contributed by atoms with van der Waals surface area (Å²) in [5.74, 6) is 1.14. The number of aliphatic hydroxyl groups excluding tert-OH is 1. The van der Waals surface area contributed by atoms with Crippen LogP contribution in [0.15, 0.2) is 12.2 Å². The van der Waals surface area contributed by atoms with Gasteiger partial charge in [-0.2, -0.15) is 0 Å². The number of rotatable bonds is 3. The summed E-state index contributed by atoms with van der Waals surface area (Å²) in [6.45, 7) is 13.0. The van der Waals surface area contributed by atoms with Gasteiger partial charge >= 0.3 is 5.97 Å². The molecule has 2 fully saturated rings. The molecule has 0 radical (unpaired) electrons. The Balaban J connectivity index is 2.02. The van der Waals surface area contributed by atoms with Crippen LogP contribution < -0.4 is 0 Å². The van der Waals surface area contributed by atoms with E-state index in [1.165, 1.54) is 6.42 Å². The quantitative estimate of drug-likeness (QED) is 0.632. The zero-order valence-electron chi connectivity index (χ0n) is 15.4. The number of aliphatic hydroxyl groups is 1. The second-order valence-corrected chi connectivity index (χ2v) is 9.34. The molecule has 0 aromatic heterocycles. The third-order valence-electron chi connectivity index (χ3n) is 7.32. The molecule has 3 aliphatic rings. The average molecular weight is 320 g/mol. The molecule has 0 aliphatic heterocycles. The molecule has 0 unspecified atom stereocenters. The standard InChI is InChI=1S/C20H32O3/c1-12(2)11-16(22)23-17-18(4,5)14-8-7-13(3)20(14)10-9-15(21)19(17,20)6/h9-10,12-15,17,21H,7-8,11H2,1-6H3/t13-,14+,15-,17+,19-,20-/m1/s1. The van der Waals surface area contributed by atoms with Crippen LogP contribution in [-0.2, 0) is 9.53 Å². The topological polar surface area (TPSA) is 46.5 Å². The molecule has 6 atom stereocenters. The van der Waals surface area contributed by atoms with Gasteiger partial charge < -0.3 is 9.84 Å². The van der Waals surface area contributed by atoms with Crippen LogP contribution in [0.5, 0.6) is 0 Å². The van der Waals surface area contributed by atoms with E-state index >= 15 is 0 Å². The van der Waals surface area contributed by atoms with E-state index in [4.69, 9.17) is 4.74 Å². The number of carbonyl (C=O) groups is 1. The highest BCUT2D eigenvalue weighted by molar-refractivity contribution is 5.70. The highest BCUT2D eigenvalue weighted by atomic mass is 16.5. The molecular weight excluding hydrogens is 288 g/mol. The van der Waals surface area contributed by atoms with Gasteiger partial charge in [0.15, 0.2) is 0 Å². The predicted octanol–water partition coefficient (Wildman–Crippen LogP) is 3.95. The van der Waals surface area contributed by atoms with Crippen LogP contribution in [0.1, 0.15) is 60.8 Å². The van der Waals surface area contributed by atoms with Gasteiger partial charge in [0.1, 0.15) is 6.10 Å². The lowest BCUT2D eigenvalue weighted by Gasteiger charge is -2.45. The van der Waals surface area contributed by atoms with E-state index in [0.717, 1.165) is 6.42 Å². The molecule has 2 saturated carbocycles. The summed E-state index contributed by atoms with van der Waals surface area (Å²) >= 11 is 0. The van der Waals surface area contributed by atoms with Crippen molar-refractivity contribution in [3.05, 3.63) is 12.2 Å². The molecule has 1 spiro atoms. The van der Waals surface area contributed by atoms with Crippen molar-refractivity contribution in [3.8, 4) is 0 Å². The smallest absolute Gasteiger partial charge is 0.306 e. The molecule has 3 nitrogen and oxygen atoms in total. The van der Waals surface area contributed by atoms with Crippen molar-refractivity contribution in [2.75, 3.05) is 0 Å². The first-order valence-electron chi connectivity index (χ1n) is 9.15. The Morgan fingerprint density at radius 1 is 1.30 bits per heavy atom. The van der Waals surface area contributed by atoms with Gasteiger partial charge in [0.2, 0.25) is 0 Å². The van der Waals surface area contributed by atoms with Gasteiger partial charge in [0.25, 0.3) is 0 Å². The molecule has 0 amide bonds. The van der Waals surface area contributed by atoms with Crippen LogP contribution in [0.4, 0.5) is 0 Å². The first-order chi connectivity index (χ1) is 10.6. The summed E-state index contributed by atoms with van der Waals surface area (Å²) in [5, 5.41) is 10.8. The summed E-state index contributed by atoms with van der Waals surface area (Å²) < 4.78 is 6.07. The van der Waals surface area contributed by atoms with E-state index in [2.05, 4.69) is 33.8 Å². The molecule has 23 heavy (non-hydrogen) atoms. The van der Waals surface area contributed by atoms with Gasteiger partial charge in [0, 0.05) is 22.7 Å². The SMILES string of the molecule is CC(C)CC(=O)O[C@H]1C(C)(C)[C@@H]2CC[C@@H](C)[C@]23C=C[C@@H](O)[C@]13C. The van der Waals surface area contributed by atoms with Gasteiger partial charge in [0.05, 0.1) is 6.10 Å². The molecule has 3 heteroatoms. The van der Waals surface area contributed by atoms with Crippen LogP contribution in [0.3, 0.4) is 0 Å². The molecule has 1 N–H and O–H groups in total. The first kappa shape index (κ1) is 17.0. The van der Waals surface area contributed by atoms with Crippen molar-refractivity contribution in [2.45, 2.75) is 73.0 Å². The van der Waals surface area contributed by atoms with Crippen LogP contribution in [0.25, 0.3) is 0 Å². The van der Waals surface area contributed by atoms with Crippen molar-refractivity contribution < 1.29 is 14.6 Å². The van der Waals surface area contributed by atoms with Gasteiger partial charge in [-0.05, 0) is 30.6 Å². The van der Waals surface area contributed by atoms with E-state index in [1.54, 1.807) is 0 Å². The minimum atomic E-state index is -0.538. The summed E-state index contributed by atoms with van der Waals surface area (Å²) in [7, 11) is 0. The van der Waals surface area contributed by atoms with E-state index in [9.17, 15) is 9.90 Å². The molecule has 0 aromatic rings. The molecular formula is C20H32O3.